The molecule has 4 heterocycles. The first-order valence-electron chi connectivity index (χ1n) is 8.30. The third-order valence-electron chi connectivity index (χ3n) is 4.82. The number of hydrogen-bond acceptors (Lipinski definition) is 6. The number of nitrogens with zero attached hydrogens (tertiary/aromatic N) is 7. The van der Waals surface area contributed by atoms with Crippen LogP contribution in [0.5, 0.6) is 0 Å². The van der Waals surface area contributed by atoms with Gasteiger partial charge in [-0.15, -0.1) is 10.2 Å². The van der Waals surface area contributed by atoms with Gasteiger partial charge in [0.25, 0.3) is 5.78 Å². The lowest BCUT2D eigenvalue weighted by Crippen LogP contribution is -2.59. The summed E-state index contributed by atoms with van der Waals surface area (Å²) in [5.74, 6) is 1.24. The molecule has 3 aromatic heterocycles. The average molecular weight is 341 g/mol. The Kier molecular flexibility index (Phi) is 3.63. The van der Waals surface area contributed by atoms with Crippen LogP contribution in [0.4, 0.5) is 10.6 Å². The van der Waals surface area contributed by atoms with Gasteiger partial charge in [0.05, 0.1) is 11.6 Å². The second-order valence-electron chi connectivity index (χ2n) is 6.31. The number of hydrogen-bond donors (Lipinski definition) is 1. The van der Waals surface area contributed by atoms with E-state index in [-0.39, 0.29) is 12.1 Å². The highest BCUT2D eigenvalue weighted by Gasteiger charge is 2.35. The first kappa shape index (κ1) is 15.6. The highest BCUT2D eigenvalue weighted by molar-refractivity contribution is 5.88. The van der Waals surface area contributed by atoms with Crippen molar-refractivity contribution < 1.29 is 9.90 Å². The average Bonchev–Trinajstić information content (AvgIpc) is 3.09. The van der Waals surface area contributed by atoms with Crippen LogP contribution in [-0.4, -0.2) is 65.8 Å². The van der Waals surface area contributed by atoms with Crippen molar-refractivity contribution in [3.05, 3.63) is 24.7 Å². The molecule has 1 N–H and O–H groups in total. The zero-order chi connectivity index (χ0) is 17.6. The van der Waals surface area contributed by atoms with E-state index in [2.05, 4.69) is 25.1 Å². The molecule has 1 aliphatic rings. The molecule has 0 aromatic carbocycles. The molecule has 0 radical (unpaired) electrons. The van der Waals surface area contributed by atoms with Crippen LogP contribution in [0, 0.1) is 0 Å². The summed E-state index contributed by atoms with van der Waals surface area (Å²) in [6.45, 7) is 5.02. The van der Waals surface area contributed by atoms with Gasteiger partial charge in [0, 0.05) is 25.3 Å². The quantitative estimate of drug-likeness (QED) is 0.756. The third kappa shape index (κ3) is 2.43. The van der Waals surface area contributed by atoms with Crippen LogP contribution in [0.25, 0.3) is 16.8 Å². The smallest absolute Gasteiger partial charge is 0.407 e. The summed E-state index contributed by atoms with van der Waals surface area (Å²) in [6, 6.07) is 3.73. The predicted molar refractivity (Wildman–Crippen MR) is 91.7 cm³/mol. The summed E-state index contributed by atoms with van der Waals surface area (Å²) < 4.78 is 1.81. The van der Waals surface area contributed by atoms with Crippen LogP contribution in [-0.2, 0) is 0 Å². The van der Waals surface area contributed by atoms with Crippen molar-refractivity contribution in [1.82, 2.24) is 29.5 Å². The van der Waals surface area contributed by atoms with Gasteiger partial charge in [-0.3, -0.25) is 9.38 Å². The molecule has 0 bridgehead atoms. The zero-order valence-electron chi connectivity index (χ0n) is 14.1. The molecular weight excluding hydrogens is 322 g/mol. The SMILES string of the molecule is CC[C@@H]1CN(c2nc3nncn3c3cccnc23)[C@@H](C)CN1C(=O)O. The van der Waals surface area contributed by atoms with Crippen molar-refractivity contribution in [3.63, 3.8) is 0 Å². The Morgan fingerprint density at radius 3 is 3.00 bits per heavy atom. The first-order chi connectivity index (χ1) is 12.1. The van der Waals surface area contributed by atoms with E-state index in [1.54, 1.807) is 16.9 Å². The number of amides is 1. The minimum atomic E-state index is -0.873. The predicted octanol–water partition coefficient (Wildman–Crippen LogP) is 1.64. The molecule has 0 spiro atoms. The van der Waals surface area contributed by atoms with E-state index in [4.69, 9.17) is 0 Å². The molecule has 1 amide bonds. The minimum absolute atomic E-state index is 0.0121. The largest absolute Gasteiger partial charge is 0.465 e. The third-order valence-corrected chi connectivity index (χ3v) is 4.82. The molecular formula is C16H19N7O2. The Hall–Kier alpha value is -2.97. The Balaban J connectivity index is 1.84. The summed E-state index contributed by atoms with van der Waals surface area (Å²) in [6.07, 6.45) is 3.23. The summed E-state index contributed by atoms with van der Waals surface area (Å²) in [4.78, 5) is 24.4. The van der Waals surface area contributed by atoms with Crippen molar-refractivity contribution in [2.45, 2.75) is 32.4 Å². The molecule has 130 valence electrons. The molecule has 0 unspecified atom stereocenters. The Labute approximate surface area is 143 Å². The summed E-state index contributed by atoms with van der Waals surface area (Å²) in [5, 5.41) is 17.5. The van der Waals surface area contributed by atoms with Gasteiger partial charge in [-0.2, -0.15) is 4.98 Å². The topological polar surface area (TPSA) is 99.8 Å². The molecule has 9 heteroatoms. The van der Waals surface area contributed by atoms with E-state index >= 15 is 0 Å². The van der Waals surface area contributed by atoms with E-state index in [1.165, 1.54) is 4.90 Å². The maximum Gasteiger partial charge on any atom is 0.407 e. The molecule has 1 saturated heterocycles. The van der Waals surface area contributed by atoms with Crippen LogP contribution in [0.2, 0.25) is 0 Å². The number of carbonyl (C=O) groups is 1. The molecule has 9 nitrogen and oxygen atoms in total. The van der Waals surface area contributed by atoms with Crippen molar-refractivity contribution in [2.75, 3.05) is 18.0 Å². The normalized spacial score (nSPS) is 21.2. The Morgan fingerprint density at radius 2 is 2.24 bits per heavy atom. The number of anilines is 1. The molecule has 0 saturated carbocycles. The molecule has 4 rings (SSSR count). The molecule has 1 aliphatic heterocycles. The molecule has 25 heavy (non-hydrogen) atoms. The number of aromatic nitrogens is 5. The first-order valence-corrected chi connectivity index (χ1v) is 8.30. The lowest BCUT2D eigenvalue weighted by atomic mass is 10.1. The van der Waals surface area contributed by atoms with Gasteiger partial charge in [0.2, 0.25) is 0 Å². The summed E-state index contributed by atoms with van der Waals surface area (Å²) >= 11 is 0. The van der Waals surface area contributed by atoms with Gasteiger partial charge in [0.1, 0.15) is 11.8 Å². The van der Waals surface area contributed by atoms with Gasteiger partial charge in [-0.1, -0.05) is 6.92 Å². The van der Waals surface area contributed by atoms with E-state index in [0.717, 1.165) is 23.3 Å². The van der Waals surface area contributed by atoms with Gasteiger partial charge in [0.15, 0.2) is 5.82 Å². The number of fused-ring (bicyclic) bond motifs is 3. The molecule has 3 aromatic rings. The Bertz CT molecular complexity index is 941. The van der Waals surface area contributed by atoms with Crippen molar-refractivity contribution in [2.24, 2.45) is 0 Å². The fraction of sp³-hybridized carbons (Fsp3) is 0.438. The number of carboxylic acid groups (broad SMARTS) is 1. The van der Waals surface area contributed by atoms with Gasteiger partial charge < -0.3 is 14.9 Å². The number of rotatable bonds is 2. The van der Waals surface area contributed by atoms with Crippen molar-refractivity contribution in [1.29, 1.82) is 0 Å². The second kappa shape index (κ2) is 5.83. The standard InChI is InChI=1S/C16H19N7O2/c1-3-11-8-21(10(2)7-22(11)16(24)25)14-13-12(5-4-6-17-13)23-9-18-20-15(23)19-14/h4-6,9-11H,3,7-8H2,1-2H3,(H,24,25)/t10-,11+/m0/s1. The van der Waals surface area contributed by atoms with Crippen LogP contribution in [0.3, 0.4) is 0 Å². The lowest BCUT2D eigenvalue weighted by Gasteiger charge is -2.44. The van der Waals surface area contributed by atoms with E-state index in [1.807, 2.05) is 26.0 Å². The van der Waals surface area contributed by atoms with Gasteiger partial charge in [-0.25, -0.2) is 4.79 Å². The number of pyridine rings is 1. The van der Waals surface area contributed by atoms with Crippen molar-refractivity contribution >= 4 is 28.7 Å². The van der Waals surface area contributed by atoms with Crippen LogP contribution in [0.1, 0.15) is 20.3 Å². The van der Waals surface area contributed by atoms with E-state index < -0.39 is 6.09 Å². The molecule has 2 atom stereocenters. The summed E-state index contributed by atoms with van der Waals surface area (Å²) in [5.41, 5.74) is 1.65. The molecule has 1 fully saturated rings. The maximum absolute atomic E-state index is 11.5. The van der Waals surface area contributed by atoms with E-state index in [0.29, 0.717) is 18.9 Å². The monoisotopic (exact) mass is 341 g/mol. The molecule has 0 aliphatic carbocycles. The lowest BCUT2D eigenvalue weighted by molar-refractivity contribution is 0.108. The highest BCUT2D eigenvalue weighted by Crippen LogP contribution is 2.29. The fourth-order valence-corrected chi connectivity index (χ4v) is 3.50. The van der Waals surface area contributed by atoms with Gasteiger partial charge >= 0.3 is 6.09 Å². The Morgan fingerprint density at radius 1 is 1.40 bits per heavy atom. The summed E-state index contributed by atoms with van der Waals surface area (Å²) in [7, 11) is 0. The van der Waals surface area contributed by atoms with Crippen LogP contribution < -0.4 is 4.90 Å². The maximum atomic E-state index is 11.5. The van der Waals surface area contributed by atoms with Crippen molar-refractivity contribution in [3.8, 4) is 0 Å². The van der Waals surface area contributed by atoms with Crippen LogP contribution in [0.15, 0.2) is 24.7 Å². The van der Waals surface area contributed by atoms with Gasteiger partial charge in [-0.05, 0) is 25.5 Å². The fourth-order valence-electron chi connectivity index (χ4n) is 3.50. The zero-order valence-corrected chi connectivity index (χ0v) is 14.1. The van der Waals surface area contributed by atoms with Crippen LogP contribution >= 0.6 is 0 Å². The number of piperazine rings is 1. The highest BCUT2D eigenvalue weighted by atomic mass is 16.4. The van der Waals surface area contributed by atoms with E-state index in [9.17, 15) is 9.90 Å². The minimum Gasteiger partial charge on any atom is -0.465 e. The second-order valence-corrected chi connectivity index (χ2v) is 6.31.